The summed E-state index contributed by atoms with van der Waals surface area (Å²) in [6.45, 7) is 10.9. The Kier molecular flexibility index (Phi) is 7.16. The molecule has 1 aromatic carbocycles. The highest BCUT2D eigenvalue weighted by molar-refractivity contribution is 7.80. The number of carbonyl (C=O) groups is 1. The fourth-order valence-corrected chi connectivity index (χ4v) is 3.27. The van der Waals surface area contributed by atoms with Gasteiger partial charge in [-0.3, -0.25) is 15.6 Å². The second-order valence-corrected chi connectivity index (χ2v) is 7.20. The van der Waals surface area contributed by atoms with Crippen LogP contribution in [-0.4, -0.2) is 42.9 Å². The number of morpholine rings is 1. The molecule has 1 heterocycles. The van der Waals surface area contributed by atoms with Gasteiger partial charge in [-0.15, -0.1) is 0 Å². The number of quaternary nitrogens is 1. The van der Waals surface area contributed by atoms with E-state index in [1.807, 2.05) is 19.1 Å². The van der Waals surface area contributed by atoms with E-state index < -0.39 is 0 Å². The van der Waals surface area contributed by atoms with Crippen LogP contribution in [0.3, 0.4) is 0 Å². The minimum absolute atomic E-state index is 0.0654. The van der Waals surface area contributed by atoms with Gasteiger partial charge < -0.3 is 15.0 Å². The van der Waals surface area contributed by atoms with Gasteiger partial charge >= 0.3 is 0 Å². The van der Waals surface area contributed by atoms with Crippen molar-refractivity contribution in [1.29, 1.82) is 0 Å². The molecule has 1 fully saturated rings. The van der Waals surface area contributed by atoms with Crippen molar-refractivity contribution in [3.8, 4) is 0 Å². The normalized spacial score (nSPS) is 23.0. The van der Waals surface area contributed by atoms with E-state index in [0.29, 0.717) is 11.5 Å². The zero-order valence-corrected chi connectivity index (χ0v) is 16.3. The Morgan fingerprint density at radius 1 is 1.24 bits per heavy atom. The molecule has 0 aliphatic carbocycles. The third-order valence-corrected chi connectivity index (χ3v) is 4.69. The second-order valence-electron chi connectivity index (χ2n) is 6.79. The Bertz CT molecular complexity index is 613. The minimum atomic E-state index is -0.0654. The lowest BCUT2D eigenvalue weighted by Crippen LogP contribution is -3.15. The number of hydrogen-bond donors (Lipinski definition) is 4. The molecular formula is C18H29N4O2S+. The maximum absolute atomic E-state index is 12.0. The van der Waals surface area contributed by atoms with Crippen molar-refractivity contribution in [3.05, 3.63) is 29.3 Å². The van der Waals surface area contributed by atoms with Crippen molar-refractivity contribution in [3.63, 3.8) is 0 Å². The number of anilines is 1. The molecule has 1 saturated heterocycles. The monoisotopic (exact) mass is 365 g/mol. The summed E-state index contributed by atoms with van der Waals surface area (Å²) in [5, 5.41) is 3.49. The van der Waals surface area contributed by atoms with Crippen molar-refractivity contribution in [2.45, 2.75) is 46.3 Å². The highest BCUT2D eigenvalue weighted by atomic mass is 32.1. The van der Waals surface area contributed by atoms with Crippen molar-refractivity contribution in [2.75, 3.05) is 25.0 Å². The number of ether oxygens (including phenoxy) is 1. The molecule has 2 atom stereocenters. The maximum Gasteiger partial charge on any atom is 0.244 e. The van der Waals surface area contributed by atoms with Gasteiger partial charge in [0.25, 0.3) is 0 Å². The van der Waals surface area contributed by atoms with Gasteiger partial charge in [-0.25, -0.2) is 0 Å². The molecule has 7 heteroatoms. The molecule has 0 radical (unpaired) electrons. The Balaban J connectivity index is 1.70. The van der Waals surface area contributed by atoms with Gasteiger partial charge in [0.05, 0.1) is 13.0 Å². The van der Waals surface area contributed by atoms with Gasteiger partial charge in [-0.05, 0) is 57.1 Å². The Morgan fingerprint density at radius 3 is 2.60 bits per heavy atom. The smallest absolute Gasteiger partial charge is 0.244 e. The second kappa shape index (κ2) is 9.12. The highest BCUT2D eigenvalue weighted by Crippen LogP contribution is 2.17. The zero-order valence-electron chi connectivity index (χ0n) is 15.4. The summed E-state index contributed by atoms with van der Waals surface area (Å²) in [5.74, 6) is -0.0654. The predicted molar refractivity (Wildman–Crippen MR) is 104 cm³/mol. The number of thiocarbonyl (C=S) groups is 1. The number of hydrazine groups is 1. The minimum Gasteiger partial charge on any atom is -0.364 e. The molecule has 0 unspecified atom stereocenters. The molecule has 1 aliphatic heterocycles. The van der Waals surface area contributed by atoms with Gasteiger partial charge in [0.15, 0.2) is 5.11 Å². The maximum atomic E-state index is 12.0. The van der Waals surface area contributed by atoms with E-state index in [0.717, 1.165) is 30.9 Å². The van der Waals surface area contributed by atoms with Crippen LogP contribution in [0.4, 0.5) is 5.69 Å². The van der Waals surface area contributed by atoms with Crippen LogP contribution in [0.25, 0.3) is 0 Å². The molecule has 0 aromatic heterocycles. The van der Waals surface area contributed by atoms with Crippen molar-refractivity contribution < 1.29 is 14.4 Å². The zero-order chi connectivity index (χ0) is 18.4. The van der Waals surface area contributed by atoms with Crippen LogP contribution >= 0.6 is 12.2 Å². The van der Waals surface area contributed by atoms with E-state index in [1.165, 1.54) is 10.5 Å². The third kappa shape index (κ3) is 6.26. The average Bonchev–Trinajstić information content (AvgIpc) is 2.54. The first-order chi connectivity index (χ1) is 11.8. The lowest BCUT2D eigenvalue weighted by molar-refractivity contribution is -0.914. The predicted octanol–water partition coefficient (Wildman–Crippen LogP) is 0.703. The summed E-state index contributed by atoms with van der Waals surface area (Å²) in [5.41, 5.74) is 8.69. The Labute approximate surface area is 155 Å². The quantitative estimate of drug-likeness (QED) is 0.467. The van der Waals surface area contributed by atoms with Gasteiger partial charge in [0.1, 0.15) is 25.3 Å². The molecule has 0 bridgehead atoms. The first-order valence-corrected chi connectivity index (χ1v) is 9.17. The summed E-state index contributed by atoms with van der Waals surface area (Å²) in [7, 11) is 0. The van der Waals surface area contributed by atoms with Crippen LogP contribution in [0.5, 0.6) is 0 Å². The van der Waals surface area contributed by atoms with Crippen LogP contribution in [0.15, 0.2) is 18.2 Å². The van der Waals surface area contributed by atoms with E-state index >= 15 is 0 Å². The van der Waals surface area contributed by atoms with Crippen LogP contribution < -0.4 is 21.1 Å². The number of benzene rings is 1. The molecule has 0 spiro atoms. The molecule has 6 nitrogen and oxygen atoms in total. The van der Waals surface area contributed by atoms with Crippen LogP contribution in [0, 0.1) is 13.8 Å². The summed E-state index contributed by atoms with van der Waals surface area (Å²) in [4.78, 5) is 13.4. The lowest BCUT2D eigenvalue weighted by Gasteiger charge is -2.32. The van der Waals surface area contributed by atoms with Gasteiger partial charge in [0, 0.05) is 5.69 Å². The van der Waals surface area contributed by atoms with Crippen LogP contribution in [0.1, 0.15) is 31.4 Å². The largest absolute Gasteiger partial charge is 0.364 e. The SMILES string of the molecule is Cc1cccc(NC(=S)NNC(=O)CC[NH+]2C[C@@H](C)O[C@H](C)C2)c1C. The summed E-state index contributed by atoms with van der Waals surface area (Å²) >= 11 is 5.24. The third-order valence-electron chi connectivity index (χ3n) is 4.49. The number of aryl methyl sites for hydroxylation is 1. The molecule has 4 N–H and O–H groups in total. The fraction of sp³-hybridized carbons (Fsp3) is 0.556. The van der Waals surface area contributed by atoms with Crippen LogP contribution in [0.2, 0.25) is 0 Å². The summed E-state index contributed by atoms with van der Waals surface area (Å²) < 4.78 is 5.72. The molecule has 25 heavy (non-hydrogen) atoms. The molecule has 0 saturated carbocycles. The van der Waals surface area contributed by atoms with Gasteiger partial charge in [0.2, 0.25) is 5.91 Å². The average molecular weight is 366 g/mol. The number of rotatable bonds is 4. The van der Waals surface area contributed by atoms with E-state index in [9.17, 15) is 4.79 Å². The fourth-order valence-electron chi connectivity index (χ4n) is 3.11. The number of hydrogen-bond acceptors (Lipinski definition) is 3. The number of carbonyl (C=O) groups excluding carboxylic acids is 1. The number of amides is 1. The van der Waals surface area contributed by atoms with E-state index in [1.54, 1.807) is 0 Å². The first-order valence-electron chi connectivity index (χ1n) is 8.76. The molecule has 1 aromatic rings. The van der Waals surface area contributed by atoms with E-state index in [4.69, 9.17) is 17.0 Å². The van der Waals surface area contributed by atoms with E-state index in [-0.39, 0.29) is 18.1 Å². The Morgan fingerprint density at radius 2 is 1.92 bits per heavy atom. The van der Waals surface area contributed by atoms with Crippen molar-refractivity contribution >= 4 is 28.9 Å². The summed E-state index contributed by atoms with van der Waals surface area (Å²) in [6.07, 6.45) is 0.942. The molecular weight excluding hydrogens is 336 g/mol. The highest BCUT2D eigenvalue weighted by Gasteiger charge is 2.25. The lowest BCUT2D eigenvalue weighted by atomic mass is 10.1. The number of nitrogens with one attached hydrogen (secondary N) is 4. The van der Waals surface area contributed by atoms with Gasteiger partial charge in [-0.2, -0.15) is 0 Å². The van der Waals surface area contributed by atoms with Crippen molar-refractivity contribution in [1.82, 2.24) is 10.9 Å². The van der Waals surface area contributed by atoms with Crippen molar-refractivity contribution in [2.24, 2.45) is 0 Å². The standard InChI is InChI=1S/C18H28N4O2S/c1-12-6-5-7-16(15(12)4)19-18(25)21-20-17(23)8-9-22-10-13(2)24-14(3)11-22/h5-7,13-14H,8-11H2,1-4H3,(H,20,23)(H2,19,21,25)/p+1/t13-,14-/m1/s1. The molecule has 1 aliphatic rings. The Hall–Kier alpha value is -1.70. The molecule has 1 amide bonds. The summed E-state index contributed by atoms with van der Waals surface area (Å²) in [6, 6.07) is 5.98. The topological polar surface area (TPSA) is 66.8 Å². The molecule has 138 valence electrons. The van der Waals surface area contributed by atoms with Gasteiger partial charge in [-0.1, -0.05) is 12.1 Å². The molecule has 2 rings (SSSR count). The van der Waals surface area contributed by atoms with E-state index in [2.05, 4.69) is 43.0 Å². The van der Waals surface area contributed by atoms with Crippen LogP contribution in [-0.2, 0) is 9.53 Å². The first kappa shape index (κ1) is 19.6.